The van der Waals surface area contributed by atoms with Crippen molar-refractivity contribution in [3.63, 3.8) is 0 Å². The van der Waals surface area contributed by atoms with E-state index in [2.05, 4.69) is 15.5 Å². The first-order valence-electron chi connectivity index (χ1n) is 8.99. The number of tetrazole rings is 1. The molecular formula is C16H21N5O8S2. The number of amides is 1. The largest absolute Gasteiger partial charge is 0.480 e. The molecule has 3 rings (SSSR count). The average Bonchev–Trinajstić information content (AvgIpc) is 3.04. The summed E-state index contributed by atoms with van der Waals surface area (Å²) in [6.45, 7) is 4.44. The summed E-state index contributed by atoms with van der Waals surface area (Å²) in [5.41, 5.74) is -0.907. The minimum atomic E-state index is -3.85. The standard InChI is InChI=1S/C16H21N5O8S2/c1-16(2,3)29-14(25)10-8(6-30-15-17-18-19-20(15)5-9(22)23)7-31(26,27)13-11(28-4)12(24)21(10)13/h11,13H,5-7H2,1-4H3,(H,22,23)/t11-,13?/m0/s1. The number of ether oxygens (including phenoxy) is 2. The predicted octanol–water partition coefficient (Wildman–Crippen LogP) is -0.943. The lowest BCUT2D eigenvalue weighted by Crippen LogP contribution is -2.70. The minimum absolute atomic E-state index is 0.0814. The summed E-state index contributed by atoms with van der Waals surface area (Å²) in [7, 11) is -2.63. The molecule has 0 bridgehead atoms. The lowest BCUT2D eigenvalue weighted by Gasteiger charge is -2.48. The number of carboxylic acid groups (broad SMARTS) is 1. The van der Waals surface area contributed by atoms with E-state index < -0.39 is 57.1 Å². The van der Waals surface area contributed by atoms with Gasteiger partial charge in [0, 0.05) is 12.9 Å². The van der Waals surface area contributed by atoms with Gasteiger partial charge in [-0.15, -0.1) is 5.10 Å². The van der Waals surface area contributed by atoms with E-state index in [9.17, 15) is 22.8 Å². The third-order valence-electron chi connectivity index (χ3n) is 4.32. The highest BCUT2D eigenvalue weighted by atomic mass is 32.2. The molecule has 1 N–H and O–H groups in total. The molecule has 1 aromatic rings. The van der Waals surface area contributed by atoms with Crippen LogP contribution in [-0.4, -0.2) is 92.2 Å². The first-order chi connectivity index (χ1) is 14.4. The number of β-lactam (4-membered cyclic amide) rings is 1. The molecule has 1 unspecified atom stereocenters. The van der Waals surface area contributed by atoms with E-state index in [1.807, 2.05) is 0 Å². The Morgan fingerprint density at radius 1 is 1.32 bits per heavy atom. The van der Waals surface area contributed by atoms with Crippen LogP contribution in [0.15, 0.2) is 16.4 Å². The number of rotatable bonds is 7. The van der Waals surface area contributed by atoms with Crippen LogP contribution in [0.4, 0.5) is 0 Å². The Kier molecular flexibility index (Phi) is 6.12. The number of nitrogens with zero attached hydrogens (tertiary/aromatic N) is 5. The zero-order valence-corrected chi connectivity index (χ0v) is 18.8. The van der Waals surface area contributed by atoms with Crippen LogP contribution in [0.25, 0.3) is 0 Å². The molecule has 1 amide bonds. The van der Waals surface area contributed by atoms with Crippen LogP contribution in [0.5, 0.6) is 0 Å². The summed E-state index contributed by atoms with van der Waals surface area (Å²) in [5.74, 6) is -3.24. The van der Waals surface area contributed by atoms with Gasteiger partial charge in [0.15, 0.2) is 21.3 Å². The third-order valence-corrected chi connectivity index (χ3v) is 7.31. The van der Waals surface area contributed by atoms with Crippen LogP contribution in [0, 0.1) is 0 Å². The van der Waals surface area contributed by atoms with E-state index in [0.29, 0.717) is 0 Å². The fourth-order valence-electron chi connectivity index (χ4n) is 3.17. The summed E-state index contributed by atoms with van der Waals surface area (Å²) >= 11 is 0.941. The van der Waals surface area contributed by atoms with Gasteiger partial charge in [-0.05, 0) is 36.8 Å². The van der Waals surface area contributed by atoms with Crippen LogP contribution in [0.3, 0.4) is 0 Å². The predicted molar refractivity (Wildman–Crippen MR) is 104 cm³/mol. The van der Waals surface area contributed by atoms with Crippen molar-refractivity contribution in [3.8, 4) is 0 Å². The van der Waals surface area contributed by atoms with E-state index in [1.165, 1.54) is 7.11 Å². The van der Waals surface area contributed by atoms with Gasteiger partial charge in [-0.3, -0.25) is 14.5 Å². The van der Waals surface area contributed by atoms with Gasteiger partial charge in [0.2, 0.25) is 5.16 Å². The first-order valence-corrected chi connectivity index (χ1v) is 11.7. The van der Waals surface area contributed by atoms with Gasteiger partial charge in [0.1, 0.15) is 17.8 Å². The summed E-state index contributed by atoms with van der Waals surface area (Å²) in [6, 6.07) is 0. The number of sulfone groups is 1. The van der Waals surface area contributed by atoms with Crippen LogP contribution < -0.4 is 0 Å². The second-order valence-electron chi connectivity index (χ2n) is 7.82. The summed E-state index contributed by atoms with van der Waals surface area (Å²) in [6.07, 6.45) is -1.19. The van der Waals surface area contributed by atoms with Crippen molar-refractivity contribution in [1.29, 1.82) is 0 Å². The normalized spacial score (nSPS) is 22.7. The smallest absolute Gasteiger partial charge is 0.355 e. The number of fused-ring (bicyclic) bond motifs is 1. The SMILES string of the molecule is CO[C@H]1C(=O)N2C(C(=O)OC(C)(C)C)=C(CSc3nnnn3CC(=O)O)CS(=O)(=O)C12. The number of esters is 1. The van der Waals surface area contributed by atoms with Crippen molar-refractivity contribution in [3.05, 3.63) is 11.3 Å². The molecule has 15 heteroatoms. The summed E-state index contributed by atoms with van der Waals surface area (Å²) in [4.78, 5) is 37.3. The van der Waals surface area contributed by atoms with Gasteiger partial charge < -0.3 is 14.6 Å². The third kappa shape index (κ3) is 4.57. The maximum absolute atomic E-state index is 12.9. The number of carbonyl (C=O) groups is 3. The Morgan fingerprint density at radius 3 is 2.58 bits per heavy atom. The molecule has 3 heterocycles. The van der Waals surface area contributed by atoms with Crippen molar-refractivity contribution in [2.45, 2.75) is 49.6 Å². The fraction of sp³-hybridized carbons (Fsp3) is 0.625. The summed E-state index contributed by atoms with van der Waals surface area (Å²) < 4.78 is 37.0. The number of hydrogen-bond acceptors (Lipinski definition) is 11. The highest BCUT2D eigenvalue weighted by molar-refractivity contribution is 7.99. The molecule has 0 aliphatic carbocycles. The van der Waals surface area contributed by atoms with E-state index in [-0.39, 0.29) is 22.2 Å². The number of thioether (sulfide) groups is 1. The van der Waals surface area contributed by atoms with Gasteiger partial charge >= 0.3 is 11.9 Å². The monoisotopic (exact) mass is 475 g/mol. The van der Waals surface area contributed by atoms with Gasteiger partial charge in [-0.2, -0.15) is 0 Å². The number of aliphatic carboxylic acids is 1. The second kappa shape index (κ2) is 8.20. The number of aromatic nitrogens is 4. The molecule has 0 aromatic carbocycles. The van der Waals surface area contributed by atoms with E-state index in [1.54, 1.807) is 20.8 Å². The zero-order chi connectivity index (χ0) is 23.1. The molecule has 13 nitrogen and oxygen atoms in total. The minimum Gasteiger partial charge on any atom is -0.480 e. The molecule has 1 aromatic heterocycles. The van der Waals surface area contributed by atoms with E-state index in [0.717, 1.165) is 21.3 Å². The molecule has 2 atom stereocenters. The number of carboxylic acids is 1. The van der Waals surface area contributed by atoms with E-state index >= 15 is 0 Å². The molecule has 170 valence electrons. The Hall–Kier alpha value is -2.52. The first kappa shape index (κ1) is 23.1. The van der Waals surface area contributed by atoms with Crippen molar-refractivity contribution in [2.75, 3.05) is 18.6 Å². The molecular weight excluding hydrogens is 454 g/mol. The lowest BCUT2D eigenvalue weighted by molar-refractivity contribution is -0.167. The van der Waals surface area contributed by atoms with Crippen LogP contribution in [0.1, 0.15) is 20.8 Å². The second-order valence-corrected chi connectivity index (χ2v) is 10.9. The topological polar surface area (TPSA) is 171 Å². The molecule has 1 saturated heterocycles. The van der Waals surface area contributed by atoms with Crippen molar-refractivity contribution < 1.29 is 37.4 Å². The van der Waals surface area contributed by atoms with Gasteiger partial charge in [0.25, 0.3) is 5.91 Å². The fourth-order valence-corrected chi connectivity index (χ4v) is 6.21. The van der Waals surface area contributed by atoms with Crippen molar-refractivity contribution in [2.24, 2.45) is 0 Å². The number of hydrogen-bond donors (Lipinski definition) is 1. The summed E-state index contributed by atoms with van der Waals surface area (Å²) in [5, 5.41) is 18.4. The zero-order valence-electron chi connectivity index (χ0n) is 17.1. The number of carbonyl (C=O) groups excluding carboxylic acids is 2. The maximum Gasteiger partial charge on any atom is 0.355 e. The highest BCUT2D eigenvalue weighted by Crippen LogP contribution is 2.40. The Labute approximate surface area is 181 Å². The molecule has 0 spiro atoms. The Bertz CT molecular complexity index is 1060. The van der Waals surface area contributed by atoms with E-state index in [4.69, 9.17) is 14.6 Å². The quantitative estimate of drug-likeness (QED) is 0.292. The van der Waals surface area contributed by atoms with Gasteiger partial charge in [-0.25, -0.2) is 17.9 Å². The molecule has 0 saturated carbocycles. The van der Waals surface area contributed by atoms with Crippen molar-refractivity contribution >= 4 is 39.4 Å². The molecule has 0 radical (unpaired) electrons. The lowest BCUT2D eigenvalue weighted by atomic mass is 10.1. The molecule has 2 aliphatic rings. The van der Waals surface area contributed by atoms with Gasteiger partial charge in [-0.1, -0.05) is 11.8 Å². The maximum atomic E-state index is 12.9. The Morgan fingerprint density at radius 2 is 2.00 bits per heavy atom. The molecule has 1 fully saturated rings. The molecule has 31 heavy (non-hydrogen) atoms. The van der Waals surface area contributed by atoms with Crippen LogP contribution >= 0.6 is 11.8 Å². The van der Waals surface area contributed by atoms with Gasteiger partial charge in [0.05, 0.1) is 5.75 Å². The Balaban J connectivity index is 1.97. The highest BCUT2D eigenvalue weighted by Gasteiger charge is 2.60. The number of methoxy groups -OCH3 is 1. The molecule has 2 aliphatic heterocycles. The van der Waals surface area contributed by atoms with Crippen molar-refractivity contribution in [1.82, 2.24) is 25.1 Å². The van der Waals surface area contributed by atoms with Crippen LogP contribution in [0.2, 0.25) is 0 Å². The van der Waals surface area contributed by atoms with Crippen LogP contribution in [-0.2, 0) is 40.2 Å². The average molecular weight is 476 g/mol.